The van der Waals surface area contributed by atoms with E-state index in [1.54, 1.807) is 0 Å². The van der Waals surface area contributed by atoms with Crippen LogP contribution in [-0.2, 0) is 21.2 Å². The van der Waals surface area contributed by atoms with E-state index in [2.05, 4.69) is 19.2 Å². The van der Waals surface area contributed by atoms with Crippen LogP contribution < -0.4 is 5.32 Å². The van der Waals surface area contributed by atoms with Gasteiger partial charge in [0.05, 0.1) is 11.7 Å². The van der Waals surface area contributed by atoms with Gasteiger partial charge in [0.2, 0.25) is 15.9 Å². The van der Waals surface area contributed by atoms with Gasteiger partial charge in [0.1, 0.15) is 0 Å². The summed E-state index contributed by atoms with van der Waals surface area (Å²) in [4.78, 5) is 12.7. The second kappa shape index (κ2) is 10.2. The lowest BCUT2D eigenvalue weighted by Gasteiger charge is -2.31. The van der Waals surface area contributed by atoms with Crippen LogP contribution in [-0.4, -0.2) is 37.5 Å². The topological polar surface area (TPSA) is 66.5 Å². The Balaban J connectivity index is 1.53. The highest BCUT2D eigenvalue weighted by Crippen LogP contribution is 2.23. The average Bonchev–Trinajstić information content (AvgIpc) is 2.75. The van der Waals surface area contributed by atoms with Crippen molar-refractivity contribution < 1.29 is 13.2 Å². The molecule has 5 nitrogen and oxygen atoms in total. The highest BCUT2D eigenvalue weighted by Gasteiger charge is 2.32. The summed E-state index contributed by atoms with van der Waals surface area (Å²) in [7, 11) is -3.35. The van der Waals surface area contributed by atoms with Crippen molar-refractivity contribution in [2.75, 3.05) is 24.2 Å². The van der Waals surface area contributed by atoms with E-state index in [0.717, 1.165) is 17.7 Å². The maximum Gasteiger partial charge on any atom is 0.228 e. The maximum atomic E-state index is 12.8. The van der Waals surface area contributed by atoms with Crippen LogP contribution in [0.5, 0.6) is 0 Å². The number of sulfonamides is 1. The van der Waals surface area contributed by atoms with Gasteiger partial charge in [0, 0.05) is 18.8 Å². The molecular weight excluding hydrogens is 396 g/mol. The van der Waals surface area contributed by atoms with Crippen LogP contribution >= 0.6 is 0 Å². The molecule has 1 aliphatic heterocycles. The van der Waals surface area contributed by atoms with Crippen LogP contribution in [0.3, 0.4) is 0 Å². The molecule has 2 aromatic rings. The molecule has 0 spiro atoms. The Bertz CT molecular complexity index is 925. The third-order valence-corrected chi connectivity index (χ3v) is 7.63. The van der Waals surface area contributed by atoms with Crippen molar-refractivity contribution in [2.24, 2.45) is 5.92 Å². The zero-order valence-electron chi connectivity index (χ0n) is 17.9. The molecule has 30 heavy (non-hydrogen) atoms. The Labute approximate surface area is 180 Å². The van der Waals surface area contributed by atoms with Crippen molar-refractivity contribution in [1.29, 1.82) is 0 Å². The monoisotopic (exact) mass is 428 g/mol. The van der Waals surface area contributed by atoms with Gasteiger partial charge in [-0.05, 0) is 54.9 Å². The lowest BCUT2D eigenvalue weighted by atomic mass is 9.98. The van der Waals surface area contributed by atoms with Crippen LogP contribution in [0.1, 0.15) is 50.2 Å². The van der Waals surface area contributed by atoms with E-state index in [1.165, 1.54) is 9.87 Å². The summed E-state index contributed by atoms with van der Waals surface area (Å²) in [6.45, 7) is 5.03. The second-order valence-corrected chi connectivity index (χ2v) is 10.5. The minimum atomic E-state index is -3.35. The van der Waals surface area contributed by atoms with Crippen LogP contribution in [0, 0.1) is 5.92 Å². The fraction of sp³-hybridized carbons (Fsp3) is 0.458. The van der Waals surface area contributed by atoms with Gasteiger partial charge >= 0.3 is 0 Å². The summed E-state index contributed by atoms with van der Waals surface area (Å²) in [5.41, 5.74) is 3.12. The van der Waals surface area contributed by atoms with Crippen LogP contribution in [0.15, 0.2) is 54.6 Å². The summed E-state index contributed by atoms with van der Waals surface area (Å²) in [5.74, 6) is 0.144. The van der Waals surface area contributed by atoms with Crippen molar-refractivity contribution in [3.8, 4) is 0 Å². The Morgan fingerprint density at radius 3 is 2.47 bits per heavy atom. The van der Waals surface area contributed by atoms with Crippen molar-refractivity contribution in [3.63, 3.8) is 0 Å². The molecule has 1 aliphatic rings. The number of nitrogens with zero attached hydrogens (tertiary/aromatic N) is 1. The molecule has 6 heteroatoms. The number of hydrogen-bond donors (Lipinski definition) is 1. The first-order chi connectivity index (χ1) is 14.3. The number of benzene rings is 2. The number of hydrogen-bond acceptors (Lipinski definition) is 3. The van der Waals surface area contributed by atoms with E-state index in [-0.39, 0.29) is 24.1 Å². The Kier molecular flexibility index (Phi) is 7.67. The highest BCUT2D eigenvalue weighted by molar-refractivity contribution is 7.89. The number of rotatable bonds is 8. The molecule has 2 aromatic carbocycles. The first-order valence-corrected chi connectivity index (χ1v) is 12.4. The zero-order chi connectivity index (χ0) is 21.6. The quantitative estimate of drug-likeness (QED) is 0.677. The summed E-state index contributed by atoms with van der Waals surface area (Å²) in [6.07, 6.45) is 2.75. The van der Waals surface area contributed by atoms with Crippen molar-refractivity contribution in [3.05, 3.63) is 65.7 Å². The molecule has 1 atom stereocenters. The van der Waals surface area contributed by atoms with Crippen LogP contribution in [0.2, 0.25) is 0 Å². The van der Waals surface area contributed by atoms with E-state index >= 15 is 0 Å². The summed E-state index contributed by atoms with van der Waals surface area (Å²) >= 11 is 0. The fourth-order valence-corrected chi connectivity index (χ4v) is 5.42. The van der Waals surface area contributed by atoms with E-state index in [1.807, 2.05) is 54.6 Å². The fourth-order valence-electron chi connectivity index (χ4n) is 3.84. The molecule has 0 radical (unpaired) electrons. The number of piperidine rings is 1. The molecule has 0 aromatic heterocycles. The second-order valence-electron chi connectivity index (χ2n) is 8.37. The zero-order valence-corrected chi connectivity index (χ0v) is 18.7. The van der Waals surface area contributed by atoms with E-state index in [9.17, 15) is 13.2 Å². The normalized spacial score (nSPS) is 17.8. The molecule has 1 unspecified atom stereocenters. The van der Waals surface area contributed by atoms with Crippen molar-refractivity contribution in [2.45, 2.75) is 45.4 Å². The predicted molar refractivity (Wildman–Crippen MR) is 122 cm³/mol. The molecule has 0 aliphatic carbocycles. The summed E-state index contributed by atoms with van der Waals surface area (Å²) in [5, 5.41) is 2.95. The third kappa shape index (κ3) is 6.16. The van der Waals surface area contributed by atoms with Gasteiger partial charge in [-0.3, -0.25) is 4.79 Å². The standard InChI is InChI=1S/C24H32N2O3S/c1-19(2)21-12-14-23(15-13-21)25-24(27)22-11-6-16-26(18-22)30(28,29)17-7-10-20-8-4-3-5-9-20/h3-5,8-9,12-15,19,22H,6-7,10-11,16-18H2,1-2H3,(H,25,27). The number of carbonyl (C=O) groups is 1. The highest BCUT2D eigenvalue weighted by atomic mass is 32.2. The molecule has 1 amide bonds. The molecule has 3 rings (SSSR count). The number of nitrogens with one attached hydrogen (secondary N) is 1. The van der Waals surface area contributed by atoms with Gasteiger partial charge in [0.15, 0.2) is 0 Å². The number of aryl methyl sites for hydroxylation is 1. The number of carbonyl (C=O) groups excluding carboxylic acids is 1. The van der Waals surface area contributed by atoms with Gasteiger partial charge in [-0.1, -0.05) is 56.3 Å². The number of anilines is 1. The van der Waals surface area contributed by atoms with E-state index in [4.69, 9.17) is 0 Å². The lowest BCUT2D eigenvalue weighted by Crippen LogP contribution is -2.44. The first-order valence-electron chi connectivity index (χ1n) is 10.8. The Morgan fingerprint density at radius 1 is 1.10 bits per heavy atom. The molecule has 1 N–H and O–H groups in total. The molecule has 1 fully saturated rings. The van der Waals surface area contributed by atoms with Crippen LogP contribution in [0.25, 0.3) is 0 Å². The summed E-state index contributed by atoms with van der Waals surface area (Å²) < 4.78 is 27.1. The smallest absolute Gasteiger partial charge is 0.228 e. The van der Waals surface area contributed by atoms with Crippen molar-refractivity contribution >= 4 is 21.6 Å². The van der Waals surface area contributed by atoms with Crippen LogP contribution in [0.4, 0.5) is 5.69 Å². The molecule has 0 bridgehead atoms. The first kappa shape index (κ1) is 22.5. The third-order valence-electron chi connectivity index (χ3n) is 5.70. The minimum Gasteiger partial charge on any atom is -0.326 e. The average molecular weight is 429 g/mol. The summed E-state index contributed by atoms with van der Waals surface area (Å²) in [6, 6.07) is 17.8. The van der Waals surface area contributed by atoms with Gasteiger partial charge < -0.3 is 5.32 Å². The van der Waals surface area contributed by atoms with E-state index < -0.39 is 10.0 Å². The van der Waals surface area contributed by atoms with Gasteiger partial charge in [-0.15, -0.1) is 0 Å². The molecular formula is C24H32N2O3S. The lowest BCUT2D eigenvalue weighted by molar-refractivity contribution is -0.120. The van der Waals surface area contributed by atoms with Gasteiger partial charge in [-0.25, -0.2) is 12.7 Å². The molecule has 162 valence electrons. The Hall–Kier alpha value is -2.18. The largest absolute Gasteiger partial charge is 0.326 e. The number of amides is 1. The minimum absolute atomic E-state index is 0.100. The Morgan fingerprint density at radius 2 is 1.80 bits per heavy atom. The van der Waals surface area contributed by atoms with Gasteiger partial charge in [0.25, 0.3) is 0 Å². The molecule has 0 saturated carbocycles. The maximum absolute atomic E-state index is 12.8. The molecule has 1 heterocycles. The molecule has 1 saturated heterocycles. The van der Waals surface area contributed by atoms with Gasteiger partial charge in [-0.2, -0.15) is 0 Å². The predicted octanol–water partition coefficient (Wildman–Crippen LogP) is 4.42. The van der Waals surface area contributed by atoms with E-state index in [0.29, 0.717) is 31.7 Å². The van der Waals surface area contributed by atoms with Crippen molar-refractivity contribution in [1.82, 2.24) is 4.31 Å². The SMILES string of the molecule is CC(C)c1ccc(NC(=O)C2CCCN(S(=O)(=O)CCCc3ccccc3)C2)cc1.